The van der Waals surface area contributed by atoms with E-state index in [9.17, 15) is 0 Å². The van der Waals surface area contributed by atoms with Crippen molar-refractivity contribution >= 4 is 11.8 Å². The van der Waals surface area contributed by atoms with E-state index >= 15 is 0 Å². The van der Waals surface area contributed by atoms with Gasteiger partial charge in [-0.1, -0.05) is 90.6 Å². The first-order chi connectivity index (χ1) is 26.3. The first kappa shape index (κ1) is 32.7. The molecule has 1 fully saturated rings. The average molecular weight is 716 g/mol. The fraction of sp³-hybridized carbons (Fsp3) is 0.440. The number of hydrogen-bond acceptors (Lipinski definition) is 3. The van der Waals surface area contributed by atoms with Crippen molar-refractivity contribution in [1.82, 2.24) is 4.90 Å². The van der Waals surface area contributed by atoms with Crippen LogP contribution in [-0.4, -0.2) is 27.5 Å². The molecule has 53 heavy (non-hydrogen) atoms. The molecule has 2 nitrogen and oxygen atoms in total. The molecule has 270 valence electrons. The van der Waals surface area contributed by atoms with Crippen LogP contribution in [0.4, 0.5) is 0 Å². The van der Waals surface area contributed by atoms with Gasteiger partial charge >= 0.3 is 0 Å². The molecule has 0 amide bonds. The van der Waals surface area contributed by atoms with Crippen molar-refractivity contribution in [1.29, 1.82) is 0 Å². The highest BCUT2D eigenvalue weighted by molar-refractivity contribution is 8.01. The Morgan fingerprint density at radius 3 is 2.60 bits per heavy atom. The first-order valence-corrected chi connectivity index (χ1v) is 22.1. The van der Waals surface area contributed by atoms with Gasteiger partial charge in [0.15, 0.2) is 0 Å². The minimum atomic E-state index is 0.162. The molecule has 0 bridgehead atoms. The molecule has 0 aromatic carbocycles. The number of hydrogen-bond donors (Lipinski definition) is 0. The SMILES string of the molecule is C1=CC(N(C2=CCC(C3=CC4C5=C(OC4C=C3)C(C3CC=CCC3)=CCC5)C=C2)C2=CC3=C(CC2)C2=C(C=CCC2)CC3)C2SC3C=CCCC3C2=C1. The van der Waals surface area contributed by atoms with E-state index in [1.165, 1.54) is 86.1 Å². The number of rotatable bonds is 5. The van der Waals surface area contributed by atoms with E-state index in [-0.39, 0.29) is 6.10 Å². The van der Waals surface area contributed by atoms with Gasteiger partial charge in [0.1, 0.15) is 11.9 Å². The monoisotopic (exact) mass is 715 g/mol. The van der Waals surface area contributed by atoms with Crippen molar-refractivity contribution < 1.29 is 4.74 Å². The van der Waals surface area contributed by atoms with Crippen molar-refractivity contribution in [2.24, 2.45) is 23.7 Å². The lowest BCUT2D eigenvalue weighted by molar-refractivity contribution is 0.165. The van der Waals surface area contributed by atoms with E-state index in [1.807, 2.05) is 0 Å². The molecule has 0 saturated carbocycles. The summed E-state index contributed by atoms with van der Waals surface area (Å²) < 4.78 is 6.78. The van der Waals surface area contributed by atoms with Crippen LogP contribution in [0.25, 0.3) is 0 Å². The zero-order valence-corrected chi connectivity index (χ0v) is 31.9. The lowest BCUT2D eigenvalue weighted by Gasteiger charge is -2.42. The van der Waals surface area contributed by atoms with Gasteiger partial charge in [-0.25, -0.2) is 0 Å². The summed E-state index contributed by atoms with van der Waals surface area (Å²) in [5.74, 6) is 3.37. The zero-order chi connectivity index (χ0) is 34.9. The van der Waals surface area contributed by atoms with E-state index in [1.54, 1.807) is 33.4 Å². The highest BCUT2D eigenvalue weighted by Crippen LogP contribution is 2.53. The van der Waals surface area contributed by atoms with Gasteiger partial charge in [0, 0.05) is 28.5 Å². The molecule has 9 aliphatic carbocycles. The van der Waals surface area contributed by atoms with Gasteiger partial charge in [-0.15, -0.1) is 11.8 Å². The van der Waals surface area contributed by atoms with Gasteiger partial charge < -0.3 is 9.64 Å². The third-order valence-corrected chi connectivity index (χ3v) is 15.9. The summed E-state index contributed by atoms with van der Waals surface area (Å²) in [5, 5.41) is 1.14. The van der Waals surface area contributed by atoms with E-state index in [0.717, 1.165) is 32.1 Å². The number of fused-ring (bicyclic) bond motifs is 6. The molecule has 0 aromatic heterocycles. The second-order valence-corrected chi connectivity index (χ2v) is 18.5. The van der Waals surface area contributed by atoms with Gasteiger partial charge in [0.05, 0.1) is 11.3 Å². The zero-order valence-electron chi connectivity index (χ0n) is 31.1. The normalized spacial score (nSPS) is 36.3. The molecule has 11 aliphatic rings. The van der Waals surface area contributed by atoms with Crippen LogP contribution in [-0.2, 0) is 4.74 Å². The van der Waals surface area contributed by atoms with Crippen LogP contribution in [0.3, 0.4) is 0 Å². The minimum Gasteiger partial charge on any atom is -0.485 e. The van der Waals surface area contributed by atoms with Crippen molar-refractivity contribution in [2.45, 2.75) is 113 Å². The largest absolute Gasteiger partial charge is 0.485 e. The molecule has 11 rings (SSSR count). The van der Waals surface area contributed by atoms with Crippen LogP contribution >= 0.6 is 11.8 Å². The van der Waals surface area contributed by atoms with Crippen LogP contribution in [0, 0.1) is 23.7 Å². The molecule has 0 radical (unpaired) electrons. The van der Waals surface area contributed by atoms with Crippen molar-refractivity contribution in [3.05, 3.63) is 165 Å². The second kappa shape index (κ2) is 13.6. The number of allylic oxidation sites excluding steroid dienone is 20. The van der Waals surface area contributed by atoms with Crippen LogP contribution in [0.2, 0.25) is 0 Å². The first-order valence-electron chi connectivity index (χ1n) is 21.1. The maximum absolute atomic E-state index is 6.78. The third kappa shape index (κ3) is 5.66. The topological polar surface area (TPSA) is 12.5 Å². The molecule has 0 aromatic rings. The standard InChI is InChI=1S/C50H53NOS/c1-2-10-33(11-3-1)41-15-8-16-43-45-31-35(24-29-47(45)52-49(41)43)32-22-25-37(26-23-32)51(46-18-9-17-44-42-14-6-7-19-48(42)53-50(44)46)38-27-28-40-36(30-38)21-20-34-12-4-5-13-39(34)40/h1-2,4,7,9,12,15,17-19,22,24-26,29-33,42,45-48,50H,3,5-6,8,10-11,13-14,16,20-21,23,27-28H2. The summed E-state index contributed by atoms with van der Waals surface area (Å²) in [5.41, 5.74) is 15.8. The Balaban J connectivity index is 0.892. The molecule has 2 heterocycles. The minimum absolute atomic E-state index is 0.162. The van der Waals surface area contributed by atoms with Gasteiger partial charge in [-0.3, -0.25) is 0 Å². The molecule has 0 N–H and O–H groups in total. The number of ether oxygens (including phenoxy) is 1. The molecule has 3 heteroatoms. The molecule has 8 atom stereocenters. The summed E-state index contributed by atoms with van der Waals surface area (Å²) in [6.45, 7) is 0. The van der Waals surface area contributed by atoms with Gasteiger partial charge in [-0.05, 0) is 159 Å². The van der Waals surface area contributed by atoms with Crippen molar-refractivity contribution in [3.8, 4) is 0 Å². The molecule has 2 aliphatic heterocycles. The smallest absolute Gasteiger partial charge is 0.127 e. The molecule has 8 unspecified atom stereocenters. The average Bonchev–Trinajstić information content (AvgIpc) is 3.80. The van der Waals surface area contributed by atoms with E-state index < -0.39 is 0 Å². The lowest BCUT2D eigenvalue weighted by Crippen LogP contribution is -2.41. The predicted octanol–water partition coefficient (Wildman–Crippen LogP) is 12.3. The Kier molecular flexibility index (Phi) is 8.37. The third-order valence-electron chi connectivity index (χ3n) is 14.3. The Hall–Kier alpha value is -3.69. The Labute approximate surface area is 321 Å². The Morgan fingerprint density at radius 2 is 1.68 bits per heavy atom. The Morgan fingerprint density at radius 1 is 0.736 bits per heavy atom. The van der Waals surface area contributed by atoms with E-state index in [0.29, 0.717) is 40.2 Å². The fourth-order valence-corrected chi connectivity index (χ4v) is 13.5. The van der Waals surface area contributed by atoms with Crippen LogP contribution in [0.1, 0.15) is 89.9 Å². The summed E-state index contributed by atoms with van der Waals surface area (Å²) >= 11 is 2.24. The molecule has 0 spiro atoms. The van der Waals surface area contributed by atoms with Gasteiger partial charge in [0.2, 0.25) is 0 Å². The fourth-order valence-electron chi connectivity index (χ4n) is 11.7. The summed E-state index contributed by atoms with van der Waals surface area (Å²) in [6.07, 6.45) is 58.9. The highest BCUT2D eigenvalue weighted by atomic mass is 32.2. The Bertz CT molecular complexity index is 2040. The predicted molar refractivity (Wildman–Crippen MR) is 221 cm³/mol. The summed E-state index contributed by atoms with van der Waals surface area (Å²) in [4.78, 5) is 2.81. The van der Waals surface area contributed by atoms with Gasteiger partial charge in [0.25, 0.3) is 0 Å². The second-order valence-electron chi connectivity index (χ2n) is 17.1. The van der Waals surface area contributed by atoms with Crippen LogP contribution < -0.4 is 0 Å². The van der Waals surface area contributed by atoms with E-state index in [4.69, 9.17) is 4.74 Å². The van der Waals surface area contributed by atoms with Crippen LogP contribution in [0.5, 0.6) is 0 Å². The van der Waals surface area contributed by atoms with Crippen molar-refractivity contribution in [2.75, 3.05) is 0 Å². The van der Waals surface area contributed by atoms with Crippen molar-refractivity contribution in [3.63, 3.8) is 0 Å². The number of nitrogens with zero attached hydrogens (tertiary/aromatic N) is 1. The van der Waals surface area contributed by atoms with Crippen LogP contribution in [0.15, 0.2) is 165 Å². The van der Waals surface area contributed by atoms with E-state index in [2.05, 4.69) is 120 Å². The molecular formula is C50H53NOS. The lowest BCUT2D eigenvalue weighted by atomic mass is 9.76. The molecular weight excluding hydrogens is 663 g/mol. The molecule has 1 saturated heterocycles. The maximum Gasteiger partial charge on any atom is 0.127 e. The van der Waals surface area contributed by atoms with Gasteiger partial charge in [-0.2, -0.15) is 0 Å². The number of thioether (sulfide) groups is 1. The summed E-state index contributed by atoms with van der Waals surface area (Å²) in [7, 11) is 0. The highest BCUT2D eigenvalue weighted by Gasteiger charge is 2.46. The quantitative estimate of drug-likeness (QED) is 0.263. The summed E-state index contributed by atoms with van der Waals surface area (Å²) in [6, 6.07) is 0.347. The maximum atomic E-state index is 6.78.